The van der Waals surface area contributed by atoms with Crippen LogP contribution in [0.1, 0.15) is 32.1 Å². The van der Waals surface area contributed by atoms with Gasteiger partial charge in [0.15, 0.2) is 5.82 Å². The zero-order chi connectivity index (χ0) is 25.9. The van der Waals surface area contributed by atoms with Gasteiger partial charge >= 0.3 is 0 Å². The average molecular weight is 537 g/mol. The second kappa shape index (κ2) is 10.7. The summed E-state index contributed by atoms with van der Waals surface area (Å²) in [4.78, 5) is 9.01. The van der Waals surface area contributed by atoms with Crippen molar-refractivity contribution in [3.63, 3.8) is 0 Å². The minimum atomic E-state index is -3.20. The molecule has 13 heteroatoms. The molecule has 196 valence electrons. The molecule has 4 rings (SSSR count). The van der Waals surface area contributed by atoms with Crippen molar-refractivity contribution in [2.45, 2.75) is 44.2 Å². The predicted molar refractivity (Wildman–Crippen MR) is 139 cm³/mol. The zero-order valence-electron chi connectivity index (χ0n) is 20.7. The van der Waals surface area contributed by atoms with Gasteiger partial charge in [0.25, 0.3) is 0 Å². The molecule has 2 aromatic heterocycles. The van der Waals surface area contributed by atoms with Crippen LogP contribution in [0.15, 0.2) is 36.7 Å². The highest BCUT2D eigenvalue weighted by atomic mass is 32.2. The summed E-state index contributed by atoms with van der Waals surface area (Å²) in [5, 5.41) is 8.68. The molecule has 0 aliphatic heterocycles. The lowest BCUT2D eigenvalue weighted by molar-refractivity contribution is 0.276. The van der Waals surface area contributed by atoms with Crippen LogP contribution in [0, 0.1) is 0 Å². The van der Waals surface area contributed by atoms with Gasteiger partial charge in [-0.1, -0.05) is 6.07 Å². The first-order valence-corrected chi connectivity index (χ1v) is 15.7. The van der Waals surface area contributed by atoms with Crippen LogP contribution in [0.4, 0.5) is 5.95 Å². The maximum Gasteiger partial charge on any atom is 0.224 e. The summed E-state index contributed by atoms with van der Waals surface area (Å²) in [7, 11) is -4.58. The number of fused-ring (bicyclic) bond motifs is 1. The Morgan fingerprint density at radius 1 is 1.11 bits per heavy atom. The number of benzene rings is 1. The Labute approximate surface area is 211 Å². The van der Waals surface area contributed by atoms with Crippen molar-refractivity contribution in [2.75, 3.05) is 37.2 Å². The van der Waals surface area contributed by atoms with Crippen molar-refractivity contribution >= 4 is 36.7 Å². The van der Waals surface area contributed by atoms with Gasteiger partial charge in [-0.3, -0.25) is 0 Å². The summed E-state index contributed by atoms with van der Waals surface area (Å²) in [6.45, 7) is 0.293. The van der Waals surface area contributed by atoms with E-state index >= 15 is 0 Å². The highest BCUT2D eigenvalue weighted by Crippen LogP contribution is 2.28. The number of anilines is 1. The van der Waals surface area contributed by atoms with Gasteiger partial charge in [-0.2, -0.15) is 10.1 Å². The predicted octanol–water partition coefficient (Wildman–Crippen LogP) is 2.24. The lowest BCUT2D eigenvalue weighted by atomic mass is 9.91. The molecule has 11 nitrogen and oxygen atoms in total. The number of sulfonamides is 1. The molecule has 1 fully saturated rings. The van der Waals surface area contributed by atoms with Crippen molar-refractivity contribution < 1.29 is 21.6 Å². The van der Waals surface area contributed by atoms with Gasteiger partial charge in [0.05, 0.1) is 35.7 Å². The topological polar surface area (TPSA) is 136 Å². The normalized spacial score (nSPS) is 19.0. The Kier molecular flexibility index (Phi) is 7.81. The fourth-order valence-corrected chi connectivity index (χ4v) is 5.80. The highest BCUT2D eigenvalue weighted by Gasteiger charge is 2.28. The molecule has 0 bridgehead atoms. The Morgan fingerprint density at radius 2 is 1.86 bits per heavy atom. The minimum Gasteiger partial charge on any atom is -0.493 e. The lowest BCUT2D eigenvalue weighted by Crippen LogP contribution is -2.41. The van der Waals surface area contributed by atoms with E-state index in [1.165, 1.54) is 16.8 Å². The molecule has 2 heterocycles. The SMILES string of the molecule is CN([C@H]1CC[C@H](Nc2nccc(-n3ncc4c(OCCCS(C)(=O)=O)cccc43)n2)CC1)S(C)(=O)=O. The Hall–Kier alpha value is -2.77. The van der Waals surface area contributed by atoms with Crippen molar-refractivity contribution in [3.05, 3.63) is 36.7 Å². The third kappa shape index (κ3) is 6.51. The van der Waals surface area contributed by atoms with Gasteiger partial charge in [0.1, 0.15) is 15.6 Å². The van der Waals surface area contributed by atoms with Crippen molar-refractivity contribution in [1.29, 1.82) is 0 Å². The number of nitrogens with one attached hydrogen (secondary N) is 1. The van der Waals surface area contributed by atoms with Gasteiger partial charge in [0, 0.05) is 37.7 Å². The van der Waals surface area contributed by atoms with Crippen LogP contribution in [-0.2, 0) is 19.9 Å². The number of rotatable bonds is 10. The minimum absolute atomic E-state index is 0.0172. The second-order valence-corrected chi connectivity index (χ2v) is 13.5. The van der Waals surface area contributed by atoms with Crippen LogP contribution in [0.3, 0.4) is 0 Å². The molecule has 1 aliphatic rings. The first-order valence-electron chi connectivity index (χ1n) is 11.8. The van der Waals surface area contributed by atoms with E-state index in [-0.39, 0.29) is 17.8 Å². The monoisotopic (exact) mass is 536 g/mol. The summed E-state index contributed by atoms with van der Waals surface area (Å²) in [5.74, 6) is 1.80. The van der Waals surface area contributed by atoms with Crippen molar-refractivity contribution in [3.8, 4) is 11.6 Å². The van der Waals surface area contributed by atoms with Gasteiger partial charge in [-0.05, 0) is 44.2 Å². The molecule has 0 radical (unpaired) electrons. The molecule has 3 aromatic rings. The molecule has 0 unspecified atom stereocenters. The van der Waals surface area contributed by atoms with E-state index in [1.807, 2.05) is 18.2 Å². The quantitative estimate of drug-likeness (QED) is 0.387. The van der Waals surface area contributed by atoms with E-state index < -0.39 is 19.9 Å². The van der Waals surface area contributed by atoms with E-state index in [0.717, 1.165) is 36.6 Å². The largest absolute Gasteiger partial charge is 0.493 e. The molecule has 1 aromatic carbocycles. The maximum absolute atomic E-state index is 11.8. The number of ether oxygens (including phenoxy) is 1. The standard InChI is InChI=1S/C23H32N6O5S2/c1-28(36(3,32)33)18-10-8-17(9-11-18)26-23-24-13-12-22(27-23)29-20-6-4-7-21(19(20)16-25-29)34-14-5-15-35(2,30)31/h4,6-7,12-13,16-18H,5,8-11,14-15H2,1-3H3,(H,24,26,27)/t17-,18-. The summed E-state index contributed by atoms with van der Waals surface area (Å²) < 4.78 is 55.3. The molecule has 0 spiro atoms. The van der Waals surface area contributed by atoms with E-state index in [0.29, 0.717) is 30.5 Å². The fourth-order valence-electron chi connectivity index (χ4n) is 4.41. The van der Waals surface area contributed by atoms with Crippen LogP contribution in [-0.4, -0.2) is 84.9 Å². The van der Waals surface area contributed by atoms with E-state index in [1.54, 1.807) is 30.2 Å². The third-order valence-corrected chi connectivity index (χ3v) is 8.79. The van der Waals surface area contributed by atoms with Gasteiger partial charge in [-0.15, -0.1) is 0 Å². The molecular weight excluding hydrogens is 504 g/mol. The lowest BCUT2D eigenvalue weighted by Gasteiger charge is -2.33. The van der Waals surface area contributed by atoms with E-state index in [2.05, 4.69) is 20.4 Å². The molecule has 36 heavy (non-hydrogen) atoms. The van der Waals surface area contributed by atoms with E-state index in [4.69, 9.17) is 4.74 Å². The maximum atomic E-state index is 11.8. The number of hydrogen-bond acceptors (Lipinski definition) is 9. The molecule has 1 saturated carbocycles. The van der Waals surface area contributed by atoms with Gasteiger partial charge in [-0.25, -0.2) is 30.8 Å². The van der Waals surface area contributed by atoms with E-state index in [9.17, 15) is 16.8 Å². The smallest absolute Gasteiger partial charge is 0.224 e. The highest BCUT2D eigenvalue weighted by molar-refractivity contribution is 7.90. The van der Waals surface area contributed by atoms with Crippen molar-refractivity contribution in [2.24, 2.45) is 0 Å². The Morgan fingerprint density at radius 3 is 2.56 bits per heavy atom. The zero-order valence-corrected chi connectivity index (χ0v) is 22.3. The molecule has 1 N–H and O–H groups in total. The number of nitrogens with zero attached hydrogens (tertiary/aromatic N) is 5. The second-order valence-electron chi connectivity index (χ2n) is 9.24. The average Bonchev–Trinajstić information content (AvgIpc) is 3.26. The summed E-state index contributed by atoms with van der Waals surface area (Å²) >= 11 is 0. The molecule has 0 amide bonds. The van der Waals surface area contributed by atoms with Gasteiger partial charge < -0.3 is 10.1 Å². The van der Waals surface area contributed by atoms with Gasteiger partial charge in [0.2, 0.25) is 16.0 Å². The first-order chi connectivity index (χ1) is 17.0. The first kappa shape index (κ1) is 26.3. The number of hydrogen-bond donors (Lipinski definition) is 1. The van der Waals surface area contributed by atoms with Crippen LogP contribution >= 0.6 is 0 Å². The summed E-state index contributed by atoms with van der Waals surface area (Å²) in [6.07, 6.45) is 9.44. The van der Waals surface area contributed by atoms with Crippen molar-refractivity contribution in [1.82, 2.24) is 24.1 Å². The van der Waals surface area contributed by atoms with Crippen LogP contribution in [0.2, 0.25) is 0 Å². The summed E-state index contributed by atoms with van der Waals surface area (Å²) in [6, 6.07) is 7.56. The number of aromatic nitrogens is 4. The van der Waals surface area contributed by atoms with Crippen LogP contribution in [0.5, 0.6) is 5.75 Å². The Bertz CT molecular complexity index is 1420. The summed E-state index contributed by atoms with van der Waals surface area (Å²) in [5.41, 5.74) is 0.810. The number of sulfone groups is 1. The molecule has 0 atom stereocenters. The molecule has 0 saturated heterocycles. The fraction of sp³-hybridized carbons (Fsp3) is 0.522. The molecule has 1 aliphatic carbocycles. The Balaban J connectivity index is 1.43. The van der Waals surface area contributed by atoms with Crippen LogP contribution in [0.25, 0.3) is 16.7 Å². The molecular formula is C23H32N6O5S2. The van der Waals surface area contributed by atoms with Crippen LogP contribution < -0.4 is 10.1 Å². The third-order valence-electron chi connectivity index (χ3n) is 6.42.